The SMILES string of the molecule is CCOC(CC)(CC)C(=O)OC[C@H]1O[C@@H](n2ccc(NO)nc2=O)[C@H](O)[C@@H]1O. The van der Waals surface area contributed by atoms with Crippen LogP contribution in [0.4, 0.5) is 5.82 Å². The van der Waals surface area contributed by atoms with Crippen molar-refractivity contribution in [2.24, 2.45) is 0 Å². The van der Waals surface area contributed by atoms with Crippen molar-refractivity contribution < 1.29 is 34.4 Å². The van der Waals surface area contributed by atoms with E-state index in [1.54, 1.807) is 12.4 Å². The van der Waals surface area contributed by atoms with Gasteiger partial charge in [0.25, 0.3) is 0 Å². The second kappa shape index (κ2) is 9.43. The van der Waals surface area contributed by atoms with Crippen molar-refractivity contribution >= 4 is 11.8 Å². The zero-order valence-electron chi connectivity index (χ0n) is 16.1. The molecule has 0 spiro atoms. The van der Waals surface area contributed by atoms with Crippen molar-refractivity contribution in [2.45, 2.75) is 63.8 Å². The Balaban J connectivity index is 2.08. The Bertz CT molecular complexity index is 721. The van der Waals surface area contributed by atoms with Gasteiger partial charge in [-0.3, -0.25) is 15.3 Å². The quantitative estimate of drug-likeness (QED) is 0.323. The van der Waals surface area contributed by atoms with Gasteiger partial charge in [-0.15, -0.1) is 0 Å². The highest BCUT2D eigenvalue weighted by molar-refractivity contribution is 5.79. The van der Waals surface area contributed by atoms with Gasteiger partial charge < -0.3 is 24.4 Å². The van der Waals surface area contributed by atoms with Gasteiger partial charge in [0.15, 0.2) is 17.6 Å². The third-order valence-corrected chi connectivity index (χ3v) is 4.87. The molecule has 1 aliphatic rings. The van der Waals surface area contributed by atoms with Crippen molar-refractivity contribution in [3.05, 3.63) is 22.7 Å². The Hall–Kier alpha value is -2.05. The molecule has 11 nitrogen and oxygen atoms in total. The Labute approximate surface area is 161 Å². The molecule has 0 radical (unpaired) electrons. The molecule has 1 aliphatic heterocycles. The van der Waals surface area contributed by atoms with Crippen molar-refractivity contribution in [1.82, 2.24) is 9.55 Å². The number of anilines is 1. The molecule has 4 atom stereocenters. The average Bonchev–Trinajstić information content (AvgIpc) is 2.98. The molecule has 11 heteroatoms. The van der Waals surface area contributed by atoms with Crippen LogP contribution in [0.3, 0.4) is 0 Å². The van der Waals surface area contributed by atoms with Crippen LogP contribution in [0, 0.1) is 0 Å². The molecule has 1 aromatic heterocycles. The van der Waals surface area contributed by atoms with Gasteiger partial charge in [-0.05, 0) is 25.8 Å². The minimum Gasteiger partial charge on any atom is -0.461 e. The zero-order valence-corrected chi connectivity index (χ0v) is 16.1. The third kappa shape index (κ3) is 4.33. The summed E-state index contributed by atoms with van der Waals surface area (Å²) < 4.78 is 17.4. The lowest BCUT2D eigenvalue weighted by atomic mass is 9.97. The van der Waals surface area contributed by atoms with E-state index < -0.39 is 41.8 Å². The third-order valence-electron chi connectivity index (χ3n) is 4.87. The second-order valence-corrected chi connectivity index (χ2v) is 6.39. The van der Waals surface area contributed by atoms with Gasteiger partial charge in [0, 0.05) is 12.8 Å². The number of esters is 1. The predicted molar refractivity (Wildman–Crippen MR) is 95.7 cm³/mol. The Morgan fingerprint density at radius 3 is 2.54 bits per heavy atom. The number of nitrogens with one attached hydrogen (secondary N) is 1. The summed E-state index contributed by atoms with van der Waals surface area (Å²) in [5.74, 6) is -0.656. The van der Waals surface area contributed by atoms with Gasteiger partial charge in [-0.2, -0.15) is 4.98 Å². The van der Waals surface area contributed by atoms with Crippen LogP contribution >= 0.6 is 0 Å². The monoisotopic (exact) mass is 401 g/mol. The van der Waals surface area contributed by atoms with Crippen molar-refractivity contribution in [2.75, 3.05) is 18.7 Å². The van der Waals surface area contributed by atoms with E-state index in [-0.39, 0.29) is 12.4 Å². The van der Waals surface area contributed by atoms with E-state index in [9.17, 15) is 19.8 Å². The molecule has 0 unspecified atom stereocenters. The minimum absolute atomic E-state index is 0.0776. The van der Waals surface area contributed by atoms with E-state index in [0.29, 0.717) is 19.4 Å². The Morgan fingerprint density at radius 2 is 2.00 bits per heavy atom. The lowest BCUT2D eigenvalue weighted by molar-refractivity contribution is -0.179. The number of aliphatic hydroxyl groups is 2. The highest BCUT2D eigenvalue weighted by Crippen LogP contribution is 2.29. The molecule has 1 aromatic rings. The van der Waals surface area contributed by atoms with E-state index in [4.69, 9.17) is 19.4 Å². The fourth-order valence-corrected chi connectivity index (χ4v) is 3.13. The zero-order chi connectivity index (χ0) is 20.9. The van der Waals surface area contributed by atoms with Crippen LogP contribution in [0.5, 0.6) is 0 Å². The highest BCUT2D eigenvalue weighted by Gasteiger charge is 2.46. The van der Waals surface area contributed by atoms with Crippen LogP contribution < -0.4 is 11.2 Å². The molecule has 0 saturated carbocycles. The van der Waals surface area contributed by atoms with E-state index in [1.165, 1.54) is 12.3 Å². The largest absolute Gasteiger partial charge is 0.461 e. The number of hydrogen-bond acceptors (Lipinski definition) is 10. The lowest BCUT2D eigenvalue weighted by Gasteiger charge is -2.29. The first-order valence-corrected chi connectivity index (χ1v) is 9.15. The number of aliphatic hydroxyl groups excluding tert-OH is 2. The molecular weight excluding hydrogens is 374 g/mol. The molecule has 0 bridgehead atoms. The van der Waals surface area contributed by atoms with Crippen molar-refractivity contribution in [1.29, 1.82) is 0 Å². The van der Waals surface area contributed by atoms with Gasteiger partial charge in [0.05, 0.1) is 0 Å². The molecule has 0 aromatic carbocycles. The van der Waals surface area contributed by atoms with E-state index in [2.05, 4.69) is 4.98 Å². The molecular formula is C17H27N3O8. The second-order valence-electron chi connectivity index (χ2n) is 6.39. The number of hydrogen-bond donors (Lipinski definition) is 4. The van der Waals surface area contributed by atoms with Crippen LogP contribution in [0.25, 0.3) is 0 Å². The maximum atomic E-state index is 12.5. The predicted octanol–water partition coefficient (Wildman–Crippen LogP) is -0.198. The molecule has 2 rings (SSSR count). The fraction of sp³-hybridized carbons (Fsp3) is 0.706. The topological polar surface area (TPSA) is 152 Å². The Morgan fingerprint density at radius 1 is 1.32 bits per heavy atom. The van der Waals surface area contributed by atoms with Gasteiger partial charge in [0.2, 0.25) is 0 Å². The van der Waals surface area contributed by atoms with Gasteiger partial charge in [0.1, 0.15) is 24.9 Å². The standard InChI is InChI=1S/C17H27N3O8/c1-4-17(5-2,27-6-3)15(23)26-9-10-12(21)13(22)14(28-10)20-8-7-11(19-25)18-16(20)24/h7-8,10,12-14,21-22,25H,4-6,9H2,1-3H3,(H,18,19,24)/t10-,12-,13-,14-/m1/s1. The van der Waals surface area contributed by atoms with Crippen LogP contribution in [0.2, 0.25) is 0 Å². The molecule has 4 N–H and O–H groups in total. The lowest BCUT2D eigenvalue weighted by Crippen LogP contribution is -2.44. The van der Waals surface area contributed by atoms with Gasteiger partial charge in [-0.1, -0.05) is 13.8 Å². The maximum absolute atomic E-state index is 12.5. The van der Waals surface area contributed by atoms with E-state index >= 15 is 0 Å². The summed E-state index contributed by atoms with van der Waals surface area (Å²) in [7, 11) is 0. The first kappa shape index (κ1) is 22.2. The van der Waals surface area contributed by atoms with Gasteiger partial charge in [-0.25, -0.2) is 9.59 Å². The summed E-state index contributed by atoms with van der Waals surface area (Å²) in [5.41, 5.74) is -0.148. The summed E-state index contributed by atoms with van der Waals surface area (Å²) in [6.07, 6.45) is -3.00. The molecule has 0 aliphatic carbocycles. The molecule has 2 heterocycles. The summed E-state index contributed by atoms with van der Waals surface area (Å²) in [6.45, 7) is 5.42. The number of carbonyl (C=O) groups excluding carboxylic acids is 1. The number of nitrogens with zero attached hydrogens (tertiary/aromatic N) is 2. The summed E-state index contributed by atoms with van der Waals surface area (Å²) in [5, 5.41) is 29.3. The number of ether oxygens (including phenoxy) is 3. The van der Waals surface area contributed by atoms with E-state index in [1.807, 2.05) is 13.8 Å². The summed E-state index contributed by atoms with van der Waals surface area (Å²) in [4.78, 5) is 28.1. The van der Waals surface area contributed by atoms with Crippen LogP contribution in [-0.2, 0) is 19.0 Å². The first-order valence-electron chi connectivity index (χ1n) is 9.15. The molecule has 1 saturated heterocycles. The van der Waals surface area contributed by atoms with E-state index in [0.717, 1.165) is 4.57 Å². The first-order chi connectivity index (χ1) is 13.3. The number of carbonyl (C=O) groups is 1. The minimum atomic E-state index is -1.44. The van der Waals surface area contributed by atoms with Crippen LogP contribution in [0.15, 0.2) is 17.1 Å². The normalized spacial score (nSPS) is 24.9. The summed E-state index contributed by atoms with van der Waals surface area (Å²) >= 11 is 0. The van der Waals surface area contributed by atoms with Crippen LogP contribution in [0.1, 0.15) is 39.8 Å². The van der Waals surface area contributed by atoms with Gasteiger partial charge >= 0.3 is 11.7 Å². The molecule has 158 valence electrons. The molecule has 28 heavy (non-hydrogen) atoms. The number of rotatable bonds is 9. The van der Waals surface area contributed by atoms with Crippen LogP contribution in [-0.4, -0.2) is 68.1 Å². The smallest absolute Gasteiger partial charge is 0.351 e. The average molecular weight is 401 g/mol. The van der Waals surface area contributed by atoms with Crippen molar-refractivity contribution in [3.63, 3.8) is 0 Å². The molecule has 1 fully saturated rings. The molecule has 0 amide bonds. The van der Waals surface area contributed by atoms with Crippen molar-refractivity contribution in [3.8, 4) is 0 Å². The number of aromatic nitrogens is 2. The fourth-order valence-electron chi connectivity index (χ4n) is 3.13. The highest BCUT2D eigenvalue weighted by atomic mass is 16.6. The Kier molecular flexibility index (Phi) is 7.49. The maximum Gasteiger partial charge on any atom is 0.351 e. The summed E-state index contributed by atoms with van der Waals surface area (Å²) in [6, 6.07) is 1.29.